The largest absolute Gasteiger partial charge is 0.392 e. The summed E-state index contributed by atoms with van der Waals surface area (Å²) in [6.07, 6.45) is 2.40. The van der Waals surface area contributed by atoms with E-state index >= 15 is 0 Å². The molecule has 0 saturated heterocycles. The highest BCUT2D eigenvalue weighted by Crippen LogP contribution is 2.12. The van der Waals surface area contributed by atoms with Crippen molar-refractivity contribution in [1.29, 1.82) is 0 Å². The van der Waals surface area contributed by atoms with Crippen LogP contribution in [0.1, 0.15) is 24.6 Å². The molecule has 0 saturated carbocycles. The Morgan fingerprint density at radius 3 is 2.83 bits per heavy atom. The second-order valence-corrected chi connectivity index (χ2v) is 6.05. The molecule has 1 aromatic carbocycles. The zero-order chi connectivity index (χ0) is 17.4. The predicted molar refractivity (Wildman–Crippen MR) is 93.4 cm³/mol. The van der Waals surface area contributed by atoms with Crippen LogP contribution in [0.2, 0.25) is 0 Å². The topological polar surface area (TPSA) is 37.6 Å². The van der Waals surface area contributed by atoms with Crippen molar-refractivity contribution < 1.29 is 14.2 Å². The van der Waals surface area contributed by atoms with Gasteiger partial charge in [0.2, 0.25) is 0 Å². The van der Waals surface area contributed by atoms with E-state index in [1.54, 1.807) is 19.2 Å². The number of halogens is 1. The molecule has 1 aromatic heterocycles. The first-order valence-corrected chi connectivity index (χ1v) is 8.40. The molecule has 0 bridgehead atoms. The lowest BCUT2D eigenvalue weighted by Gasteiger charge is -2.25. The molecular formula is C19H27FN2O2. The van der Waals surface area contributed by atoms with E-state index in [1.165, 1.54) is 6.07 Å². The van der Waals surface area contributed by atoms with Crippen LogP contribution >= 0.6 is 0 Å². The maximum Gasteiger partial charge on any atom is 0.123 e. The number of benzene rings is 1. The van der Waals surface area contributed by atoms with Crippen molar-refractivity contribution in [3.8, 4) is 0 Å². The number of aromatic nitrogens is 1. The normalized spacial score (nSPS) is 12.7. The molecule has 5 heteroatoms. The first-order valence-electron chi connectivity index (χ1n) is 8.40. The Labute approximate surface area is 143 Å². The van der Waals surface area contributed by atoms with Gasteiger partial charge in [0, 0.05) is 45.2 Å². The third-order valence-electron chi connectivity index (χ3n) is 4.10. The van der Waals surface area contributed by atoms with Crippen LogP contribution in [0.3, 0.4) is 0 Å². The van der Waals surface area contributed by atoms with Crippen molar-refractivity contribution in [3.63, 3.8) is 0 Å². The minimum atomic E-state index is -0.339. The van der Waals surface area contributed by atoms with Crippen LogP contribution in [-0.4, -0.2) is 47.5 Å². The molecule has 0 fully saturated rings. The van der Waals surface area contributed by atoms with Crippen molar-refractivity contribution >= 4 is 0 Å². The minimum absolute atomic E-state index is 0.214. The summed E-state index contributed by atoms with van der Waals surface area (Å²) in [6.45, 7) is 5.34. The van der Waals surface area contributed by atoms with Gasteiger partial charge in [-0.1, -0.05) is 19.1 Å². The summed E-state index contributed by atoms with van der Waals surface area (Å²) < 4.78 is 20.7. The molecule has 24 heavy (non-hydrogen) atoms. The molecule has 2 aromatic rings. The van der Waals surface area contributed by atoms with Crippen LogP contribution in [0.25, 0.3) is 0 Å². The second-order valence-electron chi connectivity index (χ2n) is 6.05. The molecule has 1 atom stereocenters. The Morgan fingerprint density at radius 2 is 2.12 bits per heavy atom. The molecule has 0 spiro atoms. The summed E-state index contributed by atoms with van der Waals surface area (Å²) in [7, 11) is 1.68. The molecule has 1 N–H and O–H groups in total. The van der Waals surface area contributed by atoms with Gasteiger partial charge in [0.25, 0.3) is 0 Å². The van der Waals surface area contributed by atoms with Gasteiger partial charge in [-0.3, -0.25) is 4.90 Å². The quantitative estimate of drug-likeness (QED) is 0.726. The van der Waals surface area contributed by atoms with Gasteiger partial charge in [-0.05, 0) is 36.2 Å². The molecule has 0 aliphatic carbocycles. The number of hydrogen-bond acceptors (Lipinski definition) is 3. The Bertz CT molecular complexity index is 615. The van der Waals surface area contributed by atoms with E-state index in [1.807, 2.05) is 25.3 Å². The Balaban J connectivity index is 2.06. The Kier molecular flexibility index (Phi) is 7.43. The zero-order valence-electron chi connectivity index (χ0n) is 14.5. The molecule has 0 aliphatic rings. The van der Waals surface area contributed by atoms with Crippen LogP contribution in [0.5, 0.6) is 0 Å². The van der Waals surface area contributed by atoms with Crippen molar-refractivity contribution in [2.45, 2.75) is 32.5 Å². The second kappa shape index (κ2) is 9.57. The summed E-state index contributed by atoms with van der Waals surface area (Å²) in [5, 5.41) is 9.96. The third kappa shape index (κ3) is 5.74. The van der Waals surface area contributed by atoms with Gasteiger partial charge in [-0.15, -0.1) is 0 Å². The monoisotopic (exact) mass is 334 g/mol. The Morgan fingerprint density at radius 1 is 1.29 bits per heavy atom. The zero-order valence-corrected chi connectivity index (χ0v) is 14.5. The molecule has 0 unspecified atom stereocenters. The summed E-state index contributed by atoms with van der Waals surface area (Å²) in [4.78, 5) is 2.19. The van der Waals surface area contributed by atoms with Crippen molar-refractivity contribution in [2.75, 3.05) is 26.8 Å². The number of hydrogen-bond donors (Lipinski definition) is 1. The molecule has 4 nitrogen and oxygen atoms in total. The van der Waals surface area contributed by atoms with E-state index in [0.29, 0.717) is 19.7 Å². The van der Waals surface area contributed by atoms with Gasteiger partial charge in [0.15, 0.2) is 0 Å². The minimum Gasteiger partial charge on any atom is -0.392 e. The maximum atomic E-state index is 13.4. The summed E-state index contributed by atoms with van der Waals surface area (Å²) in [6, 6.07) is 10.7. The van der Waals surface area contributed by atoms with Gasteiger partial charge in [-0.2, -0.15) is 0 Å². The first-order chi connectivity index (χ1) is 11.6. The van der Waals surface area contributed by atoms with Gasteiger partial charge >= 0.3 is 0 Å². The first kappa shape index (κ1) is 18.6. The van der Waals surface area contributed by atoms with Crippen LogP contribution in [0.15, 0.2) is 42.6 Å². The molecular weight excluding hydrogens is 307 g/mol. The average molecular weight is 334 g/mol. The van der Waals surface area contributed by atoms with E-state index in [2.05, 4.69) is 15.5 Å². The van der Waals surface area contributed by atoms with Gasteiger partial charge in [0.1, 0.15) is 5.82 Å². The summed E-state index contributed by atoms with van der Waals surface area (Å²) in [5.74, 6) is -0.214. The number of ether oxygens (including phenoxy) is 1. The molecule has 1 heterocycles. The fraction of sp³-hybridized carbons (Fsp3) is 0.474. The summed E-state index contributed by atoms with van der Waals surface area (Å²) in [5.41, 5.74) is 2.07. The van der Waals surface area contributed by atoms with Crippen LogP contribution in [-0.2, 0) is 17.8 Å². The lowest BCUT2D eigenvalue weighted by molar-refractivity contribution is 0.0818. The van der Waals surface area contributed by atoms with E-state index < -0.39 is 0 Å². The molecule has 0 amide bonds. The van der Waals surface area contributed by atoms with Gasteiger partial charge in [-0.25, -0.2) is 4.39 Å². The van der Waals surface area contributed by atoms with Crippen molar-refractivity contribution in [3.05, 3.63) is 59.7 Å². The number of aliphatic hydroxyl groups is 1. The van der Waals surface area contributed by atoms with E-state index in [9.17, 15) is 9.50 Å². The van der Waals surface area contributed by atoms with Crippen LogP contribution < -0.4 is 0 Å². The number of methoxy groups -OCH3 is 1. The van der Waals surface area contributed by atoms with Gasteiger partial charge in [0.05, 0.1) is 12.7 Å². The highest BCUT2D eigenvalue weighted by molar-refractivity contribution is 5.18. The highest BCUT2D eigenvalue weighted by atomic mass is 19.1. The maximum absolute atomic E-state index is 13.4. The Hall–Kier alpha value is -1.69. The van der Waals surface area contributed by atoms with E-state index in [4.69, 9.17) is 4.74 Å². The molecule has 0 radical (unpaired) electrons. The molecule has 2 rings (SSSR count). The molecule has 0 aliphatic heterocycles. The predicted octanol–water partition coefficient (Wildman–Crippen LogP) is 2.89. The van der Waals surface area contributed by atoms with Crippen LogP contribution in [0, 0.1) is 5.82 Å². The smallest absolute Gasteiger partial charge is 0.123 e. The van der Waals surface area contributed by atoms with Gasteiger partial charge < -0.3 is 14.4 Å². The third-order valence-corrected chi connectivity index (χ3v) is 4.10. The number of rotatable bonds is 10. The summed E-state index contributed by atoms with van der Waals surface area (Å²) >= 11 is 0. The standard InChI is InChI=1S/C19H27FN2O2/c1-3-19(23)15-21(10-11-24-2)14-18-8-5-9-22(18)13-16-6-4-7-17(20)12-16/h4-9,12,19,23H,3,10-11,13-15H2,1-2H3/t19-/m0/s1. The van der Waals surface area contributed by atoms with Crippen molar-refractivity contribution in [2.24, 2.45) is 0 Å². The van der Waals surface area contributed by atoms with Crippen molar-refractivity contribution in [1.82, 2.24) is 9.47 Å². The SMILES string of the molecule is CC[C@H](O)CN(CCOC)Cc1cccn1Cc1cccc(F)c1. The number of aliphatic hydroxyl groups excluding tert-OH is 1. The fourth-order valence-electron chi connectivity index (χ4n) is 2.69. The highest BCUT2D eigenvalue weighted by Gasteiger charge is 2.13. The fourth-order valence-corrected chi connectivity index (χ4v) is 2.69. The van der Waals surface area contributed by atoms with E-state index in [-0.39, 0.29) is 11.9 Å². The average Bonchev–Trinajstić information content (AvgIpc) is 2.99. The van der Waals surface area contributed by atoms with Crippen LogP contribution in [0.4, 0.5) is 4.39 Å². The molecule has 132 valence electrons. The van der Waals surface area contributed by atoms with E-state index in [0.717, 1.165) is 30.8 Å². The lowest BCUT2D eigenvalue weighted by atomic mass is 10.2. The number of nitrogens with zero attached hydrogens (tertiary/aromatic N) is 2. The lowest BCUT2D eigenvalue weighted by Crippen LogP contribution is -2.34.